The molecule has 7 heteroatoms. The van der Waals surface area contributed by atoms with Gasteiger partial charge in [-0.1, -0.05) is 41.6 Å². The third kappa shape index (κ3) is 3.39. The first-order valence-corrected chi connectivity index (χ1v) is 8.93. The number of aromatic nitrogens is 2. The van der Waals surface area contributed by atoms with E-state index in [-0.39, 0.29) is 17.1 Å². The summed E-state index contributed by atoms with van der Waals surface area (Å²) >= 11 is 0. The molecule has 0 radical (unpaired) electrons. The number of nitrogens with zero attached hydrogens (tertiary/aromatic N) is 4. The van der Waals surface area contributed by atoms with Crippen LogP contribution in [-0.2, 0) is 6.54 Å². The van der Waals surface area contributed by atoms with E-state index in [1.165, 1.54) is 6.92 Å². The van der Waals surface area contributed by atoms with Crippen molar-refractivity contribution in [3.05, 3.63) is 93.0 Å². The van der Waals surface area contributed by atoms with E-state index in [4.69, 9.17) is 4.52 Å². The van der Waals surface area contributed by atoms with Crippen molar-refractivity contribution in [1.82, 2.24) is 9.72 Å². The molecule has 0 fully saturated rings. The molecule has 0 bridgehead atoms. The highest BCUT2D eigenvalue weighted by molar-refractivity contribution is 5.92. The maximum absolute atomic E-state index is 11.2. The summed E-state index contributed by atoms with van der Waals surface area (Å²) in [6.45, 7) is 2.08. The number of rotatable bonds is 5. The van der Waals surface area contributed by atoms with Gasteiger partial charge >= 0.3 is 5.69 Å². The van der Waals surface area contributed by atoms with Crippen LogP contribution in [0.15, 0.2) is 59.3 Å². The maximum atomic E-state index is 11.2. The second-order valence-electron chi connectivity index (χ2n) is 6.57. The summed E-state index contributed by atoms with van der Waals surface area (Å²) in [5, 5.41) is 25.3. The number of fused-ring (bicyclic) bond motifs is 1. The van der Waals surface area contributed by atoms with E-state index in [1.807, 2.05) is 48.7 Å². The van der Waals surface area contributed by atoms with E-state index in [2.05, 4.69) is 15.8 Å². The minimum atomic E-state index is -0.492. The first-order valence-electron chi connectivity index (χ1n) is 8.93. The van der Waals surface area contributed by atoms with Gasteiger partial charge in [0.05, 0.1) is 16.6 Å². The number of nitro groups is 1. The lowest BCUT2D eigenvalue weighted by Crippen LogP contribution is -2.00. The Morgan fingerprint density at radius 1 is 1.21 bits per heavy atom. The maximum Gasteiger partial charge on any atom is 0.338 e. The third-order valence-corrected chi connectivity index (χ3v) is 4.75. The van der Waals surface area contributed by atoms with Gasteiger partial charge in [-0.2, -0.15) is 5.26 Å². The Hall–Kier alpha value is -4.18. The van der Waals surface area contributed by atoms with Crippen molar-refractivity contribution in [2.24, 2.45) is 0 Å². The molecule has 0 N–H and O–H groups in total. The first-order chi connectivity index (χ1) is 14.1. The van der Waals surface area contributed by atoms with Gasteiger partial charge in [0.15, 0.2) is 5.69 Å². The topological polar surface area (TPSA) is 97.9 Å². The summed E-state index contributed by atoms with van der Waals surface area (Å²) in [5.41, 5.74) is 3.56. The summed E-state index contributed by atoms with van der Waals surface area (Å²) in [6, 6.07) is 17.6. The van der Waals surface area contributed by atoms with E-state index >= 15 is 0 Å². The van der Waals surface area contributed by atoms with Crippen molar-refractivity contribution in [2.45, 2.75) is 13.5 Å². The van der Waals surface area contributed by atoms with Gasteiger partial charge < -0.3 is 9.09 Å². The van der Waals surface area contributed by atoms with E-state index in [0.717, 1.165) is 22.0 Å². The smallest absolute Gasteiger partial charge is 0.338 e. The van der Waals surface area contributed by atoms with Crippen LogP contribution < -0.4 is 0 Å². The first kappa shape index (κ1) is 18.2. The Balaban J connectivity index is 1.76. The minimum absolute atomic E-state index is 0.110. The van der Waals surface area contributed by atoms with Crippen LogP contribution in [0.2, 0.25) is 0 Å². The number of aryl methyl sites for hydroxylation is 1. The highest BCUT2D eigenvalue weighted by Crippen LogP contribution is 2.28. The highest BCUT2D eigenvalue weighted by Gasteiger charge is 2.22. The van der Waals surface area contributed by atoms with E-state index < -0.39 is 4.92 Å². The van der Waals surface area contributed by atoms with Crippen LogP contribution in [0, 0.1) is 28.4 Å². The van der Waals surface area contributed by atoms with Crippen molar-refractivity contribution in [3.8, 4) is 6.07 Å². The summed E-state index contributed by atoms with van der Waals surface area (Å²) in [6.07, 6.45) is 5.31. The van der Waals surface area contributed by atoms with E-state index in [0.29, 0.717) is 12.1 Å². The largest absolute Gasteiger partial charge is 0.349 e. The molecular formula is C22H16N4O3. The molecular weight excluding hydrogens is 368 g/mol. The molecule has 0 saturated heterocycles. The fraction of sp³-hybridized carbons (Fsp3) is 0.0909. The van der Waals surface area contributed by atoms with Gasteiger partial charge in [-0.05, 0) is 36.8 Å². The second-order valence-corrected chi connectivity index (χ2v) is 6.57. The van der Waals surface area contributed by atoms with Gasteiger partial charge in [-0.15, -0.1) is 0 Å². The van der Waals surface area contributed by atoms with Crippen molar-refractivity contribution >= 4 is 28.7 Å². The van der Waals surface area contributed by atoms with Gasteiger partial charge in [0.2, 0.25) is 5.76 Å². The fourth-order valence-corrected chi connectivity index (χ4v) is 3.37. The summed E-state index contributed by atoms with van der Waals surface area (Å²) in [7, 11) is 0. The molecule has 0 atom stereocenters. The average molecular weight is 384 g/mol. The quantitative estimate of drug-likeness (QED) is 0.359. The average Bonchev–Trinajstić information content (AvgIpc) is 3.27. The Morgan fingerprint density at radius 3 is 2.76 bits per heavy atom. The van der Waals surface area contributed by atoms with Crippen molar-refractivity contribution in [3.63, 3.8) is 0 Å². The van der Waals surface area contributed by atoms with Crippen LogP contribution >= 0.6 is 0 Å². The Morgan fingerprint density at radius 2 is 1.97 bits per heavy atom. The van der Waals surface area contributed by atoms with Crippen LogP contribution in [0.5, 0.6) is 0 Å². The van der Waals surface area contributed by atoms with Crippen LogP contribution in [0.3, 0.4) is 0 Å². The predicted molar refractivity (Wildman–Crippen MR) is 109 cm³/mol. The lowest BCUT2D eigenvalue weighted by atomic mass is 10.1. The molecule has 0 aliphatic carbocycles. The van der Waals surface area contributed by atoms with Gasteiger partial charge in [-0.3, -0.25) is 10.1 Å². The molecule has 4 aromatic rings. The third-order valence-electron chi connectivity index (χ3n) is 4.75. The number of benzene rings is 2. The van der Waals surface area contributed by atoms with Gasteiger partial charge in [0, 0.05) is 29.2 Å². The molecule has 4 rings (SSSR count). The molecule has 0 aliphatic rings. The molecule has 29 heavy (non-hydrogen) atoms. The lowest BCUT2D eigenvalue weighted by Gasteiger charge is -2.07. The number of hydrogen-bond acceptors (Lipinski definition) is 5. The zero-order chi connectivity index (χ0) is 20.4. The molecule has 142 valence electrons. The Kier molecular flexibility index (Phi) is 4.67. The van der Waals surface area contributed by atoms with Gasteiger partial charge in [0.1, 0.15) is 0 Å². The van der Waals surface area contributed by atoms with Crippen molar-refractivity contribution < 1.29 is 9.45 Å². The van der Waals surface area contributed by atoms with Gasteiger partial charge in [-0.25, -0.2) is 0 Å². The molecule has 0 unspecified atom stereocenters. The van der Waals surface area contributed by atoms with Crippen LogP contribution in [0.4, 0.5) is 5.69 Å². The SMILES string of the molecule is Cc1noc(/C=C/c2cn(Cc3ccccc3C#N)c3ccccc23)c1[N+](=O)[O-]. The molecule has 2 aromatic heterocycles. The van der Waals surface area contributed by atoms with Crippen molar-refractivity contribution in [2.75, 3.05) is 0 Å². The van der Waals surface area contributed by atoms with E-state index in [1.54, 1.807) is 18.2 Å². The zero-order valence-corrected chi connectivity index (χ0v) is 15.6. The van der Waals surface area contributed by atoms with Crippen LogP contribution in [0.25, 0.3) is 23.1 Å². The zero-order valence-electron chi connectivity index (χ0n) is 15.6. The molecule has 0 spiro atoms. The Bertz CT molecular complexity index is 1290. The molecule has 2 aromatic carbocycles. The predicted octanol–water partition coefficient (Wildman–Crippen LogP) is 4.94. The number of nitriles is 1. The minimum Gasteiger partial charge on any atom is -0.349 e. The van der Waals surface area contributed by atoms with E-state index in [9.17, 15) is 15.4 Å². The van der Waals surface area contributed by atoms with Crippen LogP contribution in [0.1, 0.15) is 28.1 Å². The lowest BCUT2D eigenvalue weighted by molar-refractivity contribution is -0.386. The molecule has 7 nitrogen and oxygen atoms in total. The summed E-state index contributed by atoms with van der Waals surface area (Å²) in [5.74, 6) is 0.110. The second kappa shape index (κ2) is 7.44. The van der Waals surface area contributed by atoms with Crippen LogP contribution in [-0.4, -0.2) is 14.6 Å². The normalized spacial score (nSPS) is 11.2. The fourth-order valence-electron chi connectivity index (χ4n) is 3.37. The molecule has 0 aliphatic heterocycles. The monoisotopic (exact) mass is 384 g/mol. The molecule has 2 heterocycles. The summed E-state index contributed by atoms with van der Waals surface area (Å²) < 4.78 is 7.16. The summed E-state index contributed by atoms with van der Waals surface area (Å²) in [4.78, 5) is 10.7. The molecule has 0 saturated carbocycles. The molecule has 0 amide bonds. The standard InChI is InChI=1S/C22H16N4O3/c1-15-22(26(27)28)21(29-24-15)11-10-18-14-25(20-9-5-4-8-19(18)20)13-17-7-3-2-6-16(17)12-23/h2-11,14H,13H2,1H3/b11-10+. The van der Waals surface area contributed by atoms with Crippen molar-refractivity contribution in [1.29, 1.82) is 5.26 Å². The number of para-hydroxylation sites is 1. The van der Waals surface area contributed by atoms with Gasteiger partial charge in [0.25, 0.3) is 0 Å². The number of hydrogen-bond donors (Lipinski definition) is 0. The highest BCUT2D eigenvalue weighted by atomic mass is 16.6. The Labute approximate surface area is 166 Å².